The van der Waals surface area contributed by atoms with Crippen LogP contribution < -0.4 is 0 Å². The summed E-state index contributed by atoms with van der Waals surface area (Å²) >= 11 is 0. The van der Waals surface area contributed by atoms with Crippen LogP contribution in [0.3, 0.4) is 0 Å². The maximum Gasteiger partial charge on any atom is 0.200 e. The Labute approximate surface area is 131 Å². The third kappa shape index (κ3) is 2.67. The largest absolute Gasteiger partial charge is 0.262 e. The Morgan fingerprint density at radius 1 is 0.870 bits per heavy atom. The Kier molecular flexibility index (Phi) is 3.28. The maximum atomic E-state index is 4.59. The van der Waals surface area contributed by atoms with Crippen molar-refractivity contribution in [2.75, 3.05) is 0 Å². The van der Waals surface area contributed by atoms with E-state index in [1.165, 1.54) is 6.20 Å². The minimum absolute atomic E-state index is 0.494. The van der Waals surface area contributed by atoms with Crippen molar-refractivity contribution in [3.63, 3.8) is 0 Å². The molecule has 0 radical (unpaired) electrons. The Hall–Kier alpha value is -3.48. The first-order chi connectivity index (χ1) is 11.4. The molecule has 0 saturated heterocycles. The molecular formula is C16H11N7. The zero-order valence-electron chi connectivity index (χ0n) is 12.0. The van der Waals surface area contributed by atoms with Crippen molar-refractivity contribution in [2.24, 2.45) is 0 Å². The molecule has 0 amide bonds. The van der Waals surface area contributed by atoms with Crippen molar-refractivity contribution in [3.05, 3.63) is 67.5 Å². The van der Waals surface area contributed by atoms with E-state index in [-0.39, 0.29) is 0 Å². The van der Waals surface area contributed by atoms with Crippen molar-refractivity contribution in [1.82, 2.24) is 34.9 Å². The van der Waals surface area contributed by atoms with Crippen LogP contribution in [0, 0.1) is 0 Å². The molecule has 0 fully saturated rings. The number of aromatic nitrogens is 7. The summed E-state index contributed by atoms with van der Waals surface area (Å²) in [6.07, 6.45) is 10.3. The Morgan fingerprint density at radius 3 is 2.65 bits per heavy atom. The molecule has 0 atom stereocenters. The predicted octanol–water partition coefficient (Wildman–Crippen LogP) is 2.18. The van der Waals surface area contributed by atoms with E-state index < -0.39 is 0 Å². The van der Waals surface area contributed by atoms with E-state index in [1.54, 1.807) is 29.5 Å². The fourth-order valence-corrected chi connectivity index (χ4v) is 2.17. The summed E-state index contributed by atoms with van der Waals surface area (Å²) in [6, 6.07) is 9.50. The summed E-state index contributed by atoms with van der Waals surface area (Å²) in [5.41, 5.74) is 3.26. The van der Waals surface area contributed by atoms with Crippen LogP contribution in [0.1, 0.15) is 0 Å². The third-order valence-electron chi connectivity index (χ3n) is 3.25. The van der Waals surface area contributed by atoms with Crippen molar-refractivity contribution in [2.45, 2.75) is 0 Å². The van der Waals surface area contributed by atoms with E-state index in [1.807, 2.05) is 36.5 Å². The van der Waals surface area contributed by atoms with Gasteiger partial charge in [-0.05, 0) is 24.3 Å². The SMILES string of the molecule is c1cncc(-n2cc(-c3cccc(-c4nccnn4)n3)cn2)c1. The van der Waals surface area contributed by atoms with E-state index in [9.17, 15) is 0 Å². The highest BCUT2D eigenvalue weighted by atomic mass is 15.3. The molecule has 0 N–H and O–H groups in total. The summed E-state index contributed by atoms with van der Waals surface area (Å²) in [6.45, 7) is 0. The first kappa shape index (κ1) is 13.2. The average molecular weight is 301 g/mol. The second-order valence-corrected chi connectivity index (χ2v) is 4.76. The van der Waals surface area contributed by atoms with Gasteiger partial charge < -0.3 is 0 Å². The highest BCUT2D eigenvalue weighted by Gasteiger charge is 2.08. The number of nitrogens with zero attached hydrogens (tertiary/aromatic N) is 7. The van der Waals surface area contributed by atoms with Gasteiger partial charge in [0.1, 0.15) is 5.69 Å². The molecule has 0 aliphatic carbocycles. The maximum absolute atomic E-state index is 4.59. The van der Waals surface area contributed by atoms with Crippen molar-refractivity contribution < 1.29 is 0 Å². The van der Waals surface area contributed by atoms with Crippen molar-refractivity contribution in [1.29, 1.82) is 0 Å². The van der Waals surface area contributed by atoms with E-state index in [0.29, 0.717) is 11.5 Å². The molecule has 110 valence electrons. The van der Waals surface area contributed by atoms with Crippen LogP contribution in [-0.2, 0) is 0 Å². The second kappa shape index (κ2) is 5.72. The minimum atomic E-state index is 0.494. The van der Waals surface area contributed by atoms with Gasteiger partial charge in [-0.3, -0.25) is 4.98 Å². The van der Waals surface area contributed by atoms with Crippen LogP contribution in [0.25, 0.3) is 28.5 Å². The summed E-state index contributed by atoms with van der Waals surface area (Å²) in [4.78, 5) is 12.9. The molecule has 4 aromatic rings. The van der Waals surface area contributed by atoms with Gasteiger partial charge in [-0.15, -0.1) is 5.10 Å². The number of rotatable bonds is 3. The van der Waals surface area contributed by atoms with Gasteiger partial charge in [0.05, 0.1) is 30.0 Å². The Balaban J connectivity index is 1.71. The molecule has 7 heteroatoms. The van der Waals surface area contributed by atoms with Crippen LogP contribution in [0.4, 0.5) is 0 Å². The number of pyridine rings is 2. The highest BCUT2D eigenvalue weighted by molar-refractivity contribution is 5.61. The molecule has 0 spiro atoms. The van der Waals surface area contributed by atoms with Crippen LogP contribution >= 0.6 is 0 Å². The molecular weight excluding hydrogens is 290 g/mol. The van der Waals surface area contributed by atoms with E-state index in [4.69, 9.17) is 0 Å². The standard InChI is InChI=1S/C16H11N7/c1-4-14(21-15(5-1)16-18-7-8-19-22-16)12-9-20-23(11-12)13-3-2-6-17-10-13/h1-11H. The predicted molar refractivity (Wildman–Crippen MR) is 83.4 cm³/mol. The van der Waals surface area contributed by atoms with Gasteiger partial charge in [0.15, 0.2) is 5.82 Å². The van der Waals surface area contributed by atoms with Gasteiger partial charge in [0.25, 0.3) is 0 Å². The fourth-order valence-electron chi connectivity index (χ4n) is 2.17. The summed E-state index contributed by atoms with van der Waals surface area (Å²) in [7, 11) is 0. The molecule has 4 heterocycles. The van der Waals surface area contributed by atoms with Gasteiger partial charge >= 0.3 is 0 Å². The summed E-state index contributed by atoms with van der Waals surface area (Å²) < 4.78 is 1.76. The molecule has 4 aromatic heterocycles. The molecule has 0 aliphatic heterocycles. The smallest absolute Gasteiger partial charge is 0.200 e. The lowest BCUT2D eigenvalue weighted by Crippen LogP contribution is -1.94. The van der Waals surface area contributed by atoms with Crippen molar-refractivity contribution >= 4 is 0 Å². The van der Waals surface area contributed by atoms with Gasteiger partial charge in [-0.2, -0.15) is 10.2 Å². The Bertz CT molecular complexity index is 919. The van der Waals surface area contributed by atoms with Gasteiger partial charge in [-0.1, -0.05) is 6.07 Å². The zero-order valence-corrected chi connectivity index (χ0v) is 12.0. The summed E-state index contributed by atoms with van der Waals surface area (Å²) in [5, 5.41) is 12.2. The monoisotopic (exact) mass is 301 g/mol. The number of hydrogen-bond donors (Lipinski definition) is 0. The summed E-state index contributed by atoms with van der Waals surface area (Å²) in [5.74, 6) is 0.494. The second-order valence-electron chi connectivity index (χ2n) is 4.76. The quantitative estimate of drug-likeness (QED) is 0.577. The van der Waals surface area contributed by atoms with Crippen LogP contribution in [0.2, 0.25) is 0 Å². The van der Waals surface area contributed by atoms with Crippen LogP contribution in [-0.4, -0.2) is 34.9 Å². The van der Waals surface area contributed by atoms with E-state index in [0.717, 1.165) is 16.9 Å². The van der Waals surface area contributed by atoms with Crippen LogP contribution in [0.15, 0.2) is 67.5 Å². The van der Waals surface area contributed by atoms with Crippen LogP contribution in [0.5, 0.6) is 0 Å². The third-order valence-corrected chi connectivity index (χ3v) is 3.25. The normalized spacial score (nSPS) is 10.6. The fraction of sp³-hybridized carbons (Fsp3) is 0. The van der Waals surface area contributed by atoms with Gasteiger partial charge in [-0.25, -0.2) is 14.6 Å². The molecule has 0 bridgehead atoms. The first-order valence-electron chi connectivity index (χ1n) is 6.97. The first-order valence-corrected chi connectivity index (χ1v) is 6.97. The molecule has 0 saturated carbocycles. The average Bonchev–Trinajstić information content (AvgIpc) is 3.14. The van der Waals surface area contributed by atoms with Crippen molar-refractivity contribution in [3.8, 4) is 28.5 Å². The van der Waals surface area contributed by atoms with Gasteiger partial charge in [0, 0.05) is 24.2 Å². The lowest BCUT2D eigenvalue weighted by Gasteiger charge is -2.01. The zero-order chi connectivity index (χ0) is 15.5. The molecule has 4 rings (SSSR count). The minimum Gasteiger partial charge on any atom is -0.262 e. The Morgan fingerprint density at radius 2 is 1.83 bits per heavy atom. The van der Waals surface area contributed by atoms with E-state index in [2.05, 4.69) is 30.2 Å². The topological polar surface area (TPSA) is 82.3 Å². The number of hydrogen-bond acceptors (Lipinski definition) is 6. The molecule has 7 nitrogen and oxygen atoms in total. The molecule has 0 aliphatic rings. The molecule has 23 heavy (non-hydrogen) atoms. The lowest BCUT2D eigenvalue weighted by molar-refractivity contribution is 0.874. The lowest BCUT2D eigenvalue weighted by atomic mass is 10.2. The molecule has 0 aromatic carbocycles. The van der Waals surface area contributed by atoms with Gasteiger partial charge in [0.2, 0.25) is 0 Å². The van der Waals surface area contributed by atoms with E-state index >= 15 is 0 Å². The highest BCUT2D eigenvalue weighted by Crippen LogP contribution is 2.20. The molecule has 0 unspecified atom stereocenters.